The highest BCUT2D eigenvalue weighted by Crippen LogP contribution is 2.39. The fourth-order valence-electron chi connectivity index (χ4n) is 2.81. The minimum absolute atomic E-state index is 0. The summed E-state index contributed by atoms with van der Waals surface area (Å²) in [5, 5.41) is 3.24. The van der Waals surface area contributed by atoms with Crippen LogP contribution in [0.5, 0.6) is 11.5 Å². The Morgan fingerprint density at radius 3 is 2.41 bits per heavy atom. The van der Waals surface area contributed by atoms with E-state index in [9.17, 15) is 8.78 Å². The van der Waals surface area contributed by atoms with E-state index in [4.69, 9.17) is 9.47 Å². The molecule has 22 heavy (non-hydrogen) atoms. The van der Waals surface area contributed by atoms with E-state index in [2.05, 4.69) is 10.2 Å². The molecule has 1 aliphatic rings. The number of para-hydroxylation sites is 1. The number of piperazine rings is 1. The van der Waals surface area contributed by atoms with Gasteiger partial charge in [0.2, 0.25) is 6.43 Å². The van der Waals surface area contributed by atoms with Gasteiger partial charge in [0.1, 0.15) is 0 Å². The van der Waals surface area contributed by atoms with Crippen LogP contribution >= 0.6 is 12.4 Å². The van der Waals surface area contributed by atoms with E-state index in [1.54, 1.807) is 20.3 Å². The van der Waals surface area contributed by atoms with E-state index < -0.39 is 6.43 Å². The van der Waals surface area contributed by atoms with Crippen molar-refractivity contribution in [3.05, 3.63) is 23.8 Å². The summed E-state index contributed by atoms with van der Waals surface area (Å²) < 4.78 is 36.7. The lowest BCUT2D eigenvalue weighted by Crippen LogP contribution is -2.45. The summed E-state index contributed by atoms with van der Waals surface area (Å²) in [5.74, 6) is 1.12. The first-order valence-corrected chi connectivity index (χ1v) is 7.11. The molecule has 0 spiro atoms. The molecular weight excluding hydrogens is 314 g/mol. The molecular formula is C15H23ClF2N2O2. The minimum atomic E-state index is -2.36. The number of ether oxygens (including phenoxy) is 2. The molecule has 1 atom stereocenters. The SMILES string of the molecule is COc1cccc([C@@H](CC(F)F)N2CCNCC2)c1OC.Cl. The molecule has 0 aromatic heterocycles. The Hall–Kier alpha value is -1.11. The lowest BCUT2D eigenvalue weighted by molar-refractivity contribution is 0.0727. The number of hydrogen-bond donors (Lipinski definition) is 1. The van der Waals surface area contributed by atoms with Gasteiger partial charge >= 0.3 is 0 Å². The monoisotopic (exact) mass is 336 g/mol. The molecule has 0 saturated carbocycles. The molecule has 0 bridgehead atoms. The van der Waals surface area contributed by atoms with Crippen LogP contribution in [0.1, 0.15) is 18.0 Å². The Balaban J connectivity index is 0.00000242. The molecule has 4 nitrogen and oxygen atoms in total. The molecule has 1 aliphatic heterocycles. The predicted molar refractivity (Wildman–Crippen MR) is 84.6 cm³/mol. The number of hydrogen-bond acceptors (Lipinski definition) is 4. The van der Waals surface area contributed by atoms with Crippen molar-refractivity contribution in [2.75, 3.05) is 40.4 Å². The third-order valence-corrected chi connectivity index (χ3v) is 3.79. The molecule has 1 aromatic rings. The molecule has 126 valence electrons. The summed E-state index contributed by atoms with van der Waals surface area (Å²) in [5.41, 5.74) is 0.763. The van der Waals surface area contributed by atoms with Gasteiger partial charge in [-0.3, -0.25) is 4.90 Å². The lowest BCUT2D eigenvalue weighted by atomic mass is 9.99. The normalized spacial score (nSPS) is 17.0. The second-order valence-electron chi connectivity index (χ2n) is 5.01. The molecule has 1 saturated heterocycles. The largest absolute Gasteiger partial charge is 0.493 e. The summed E-state index contributed by atoms with van der Waals surface area (Å²) >= 11 is 0. The van der Waals surface area contributed by atoms with Crippen molar-refractivity contribution in [2.45, 2.75) is 18.9 Å². The summed E-state index contributed by atoms with van der Waals surface area (Å²) in [4.78, 5) is 2.08. The molecule has 1 aromatic carbocycles. The van der Waals surface area contributed by atoms with Crippen LogP contribution in [-0.4, -0.2) is 51.7 Å². The van der Waals surface area contributed by atoms with Gasteiger partial charge in [-0.05, 0) is 6.07 Å². The quantitative estimate of drug-likeness (QED) is 0.866. The maximum absolute atomic E-state index is 13.0. The van der Waals surface area contributed by atoms with E-state index >= 15 is 0 Å². The number of nitrogens with one attached hydrogen (secondary N) is 1. The molecule has 7 heteroatoms. The van der Waals surface area contributed by atoms with Gasteiger partial charge in [0.25, 0.3) is 0 Å². The highest BCUT2D eigenvalue weighted by Gasteiger charge is 2.28. The van der Waals surface area contributed by atoms with Gasteiger partial charge in [-0.25, -0.2) is 8.78 Å². The maximum Gasteiger partial charge on any atom is 0.240 e. The van der Waals surface area contributed by atoms with Gasteiger partial charge in [-0.15, -0.1) is 12.4 Å². The van der Waals surface area contributed by atoms with Crippen LogP contribution in [0.25, 0.3) is 0 Å². The summed E-state index contributed by atoms with van der Waals surface area (Å²) in [6.07, 6.45) is -2.57. The fourth-order valence-corrected chi connectivity index (χ4v) is 2.81. The van der Waals surface area contributed by atoms with Gasteiger partial charge in [-0.2, -0.15) is 0 Å². The zero-order valence-corrected chi connectivity index (χ0v) is 13.7. The van der Waals surface area contributed by atoms with Gasteiger partial charge in [0.05, 0.1) is 14.2 Å². The molecule has 1 N–H and O–H groups in total. The van der Waals surface area contributed by atoms with Crippen molar-refractivity contribution < 1.29 is 18.3 Å². The Morgan fingerprint density at radius 2 is 1.86 bits per heavy atom. The van der Waals surface area contributed by atoms with Crippen LogP contribution in [0.3, 0.4) is 0 Å². The van der Waals surface area contributed by atoms with Crippen molar-refractivity contribution in [1.82, 2.24) is 10.2 Å². The van der Waals surface area contributed by atoms with Crippen LogP contribution in [0.15, 0.2) is 18.2 Å². The van der Waals surface area contributed by atoms with Gasteiger partial charge in [0.15, 0.2) is 11.5 Å². The predicted octanol–water partition coefficient (Wildman–Crippen LogP) is 2.73. The Morgan fingerprint density at radius 1 is 1.18 bits per heavy atom. The van der Waals surface area contributed by atoms with Gasteiger partial charge in [-0.1, -0.05) is 12.1 Å². The average molecular weight is 337 g/mol. The summed E-state index contributed by atoms with van der Waals surface area (Å²) in [6, 6.07) is 5.07. The zero-order chi connectivity index (χ0) is 15.2. The number of halogens is 3. The van der Waals surface area contributed by atoms with Crippen molar-refractivity contribution in [3.8, 4) is 11.5 Å². The topological polar surface area (TPSA) is 33.7 Å². The molecule has 0 unspecified atom stereocenters. The molecule has 0 amide bonds. The first kappa shape index (κ1) is 18.9. The van der Waals surface area contributed by atoms with Crippen molar-refractivity contribution in [1.29, 1.82) is 0 Å². The van der Waals surface area contributed by atoms with Crippen molar-refractivity contribution >= 4 is 12.4 Å². The summed E-state index contributed by atoms with van der Waals surface area (Å²) in [7, 11) is 3.09. The third kappa shape index (κ3) is 4.44. The smallest absolute Gasteiger partial charge is 0.240 e. The third-order valence-electron chi connectivity index (χ3n) is 3.79. The molecule has 2 rings (SSSR count). The highest BCUT2D eigenvalue weighted by molar-refractivity contribution is 5.85. The summed E-state index contributed by atoms with van der Waals surface area (Å²) in [6.45, 7) is 3.12. The van der Waals surface area contributed by atoms with E-state index in [0.29, 0.717) is 11.5 Å². The Labute approximate surface area is 136 Å². The lowest BCUT2D eigenvalue weighted by Gasteiger charge is -2.35. The minimum Gasteiger partial charge on any atom is -0.493 e. The van der Waals surface area contributed by atoms with Gasteiger partial charge in [0, 0.05) is 44.2 Å². The molecule has 0 radical (unpaired) electrons. The second kappa shape index (κ2) is 9.12. The second-order valence-corrected chi connectivity index (χ2v) is 5.01. The zero-order valence-electron chi connectivity index (χ0n) is 12.9. The van der Waals surface area contributed by atoms with Crippen molar-refractivity contribution in [3.63, 3.8) is 0 Å². The van der Waals surface area contributed by atoms with Crippen molar-refractivity contribution in [2.24, 2.45) is 0 Å². The number of benzene rings is 1. The highest BCUT2D eigenvalue weighted by atomic mass is 35.5. The van der Waals surface area contributed by atoms with E-state index in [0.717, 1.165) is 31.7 Å². The standard InChI is InChI=1S/C15H22F2N2O2.ClH/c1-20-13-5-3-4-11(15(13)21-2)12(10-14(16)17)19-8-6-18-7-9-19;/h3-5,12,14,18H,6-10H2,1-2H3;1H/t12-;/m1./s1. The van der Waals surface area contributed by atoms with Crippen LogP contribution in [0.4, 0.5) is 8.78 Å². The fraction of sp³-hybridized carbons (Fsp3) is 0.600. The molecule has 0 aliphatic carbocycles. The first-order chi connectivity index (χ1) is 10.2. The van der Waals surface area contributed by atoms with Gasteiger partial charge < -0.3 is 14.8 Å². The van der Waals surface area contributed by atoms with Crippen LogP contribution < -0.4 is 14.8 Å². The van der Waals surface area contributed by atoms with E-state index in [1.807, 2.05) is 12.1 Å². The molecule has 1 heterocycles. The number of rotatable bonds is 6. The molecule has 1 fully saturated rings. The van der Waals surface area contributed by atoms with E-state index in [1.165, 1.54) is 0 Å². The number of methoxy groups -OCH3 is 2. The maximum atomic E-state index is 13.0. The van der Waals surface area contributed by atoms with Crippen LogP contribution in [0.2, 0.25) is 0 Å². The number of alkyl halides is 2. The first-order valence-electron chi connectivity index (χ1n) is 7.11. The Kier molecular flexibility index (Phi) is 7.85. The Bertz CT molecular complexity index is 457. The van der Waals surface area contributed by atoms with Crippen LogP contribution in [0, 0.1) is 0 Å². The van der Waals surface area contributed by atoms with Crippen LogP contribution in [-0.2, 0) is 0 Å². The average Bonchev–Trinajstić information content (AvgIpc) is 2.52. The van der Waals surface area contributed by atoms with E-state index in [-0.39, 0.29) is 24.9 Å². The number of nitrogens with zero attached hydrogens (tertiary/aromatic N) is 1.